The zero-order valence-corrected chi connectivity index (χ0v) is 10.3. The van der Waals surface area contributed by atoms with Crippen LogP contribution in [0.1, 0.15) is 25.7 Å². The first-order valence-corrected chi connectivity index (χ1v) is 6.44. The monoisotopic (exact) mass is 256 g/mol. The number of hydrogen-bond acceptors (Lipinski definition) is 4. The summed E-state index contributed by atoms with van der Waals surface area (Å²) in [6.07, 6.45) is 2.72. The molecule has 6 heteroatoms. The Bertz CT molecular complexity index is 326. The summed E-state index contributed by atoms with van der Waals surface area (Å²) in [6, 6.07) is -0.138. The Labute approximate surface area is 106 Å². The Morgan fingerprint density at radius 3 is 2.33 bits per heavy atom. The molecule has 0 aromatic heterocycles. The zero-order valence-electron chi connectivity index (χ0n) is 10.3. The number of ether oxygens (including phenoxy) is 1. The van der Waals surface area contributed by atoms with Crippen LogP contribution in [-0.2, 0) is 14.3 Å². The van der Waals surface area contributed by atoms with Gasteiger partial charge in [0.25, 0.3) is 0 Å². The zero-order chi connectivity index (χ0) is 13.1. The molecule has 0 bridgehead atoms. The Kier molecular flexibility index (Phi) is 4.19. The molecule has 102 valence electrons. The van der Waals surface area contributed by atoms with Gasteiger partial charge in [-0.2, -0.15) is 0 Å². The third-order valence-corrected chi connectivity index (χ3v) is 3.88. The first-order valence-electron chi connectivity index (χ1n) is 6.44. The van der Waals surface area contributed by atoms with E-state index in [4.69, 9.17) is 15.6 Å². The summed E-state index contributed by atoms with van der Waals surface area (Å²) in [5.74, 6) is -1.30. The van der Waals surface area contributed by atoms with E-state index < -0.39 is 5.97 Å². The third kappa shape index (κ3) is 3.00. The molecule has 1 heterocycles. The largest absolute Gasteiger partial charge is 0.481 e. The molecule has 6 nitrogen and oxygen atoms in total. The lowest BCUT2D eigenvalue weighted by atomic mass is 9.86. The number of carboxylic acid groups (broad SMARTS) is 1. The van der Waals surface area contributed by atoms with Gasteiger partial charge < -0.3 is 20.9 Å². The summed E-state index contributed by atoms with van der Waals surface area (Å²) in [4.78, 5) is 22.8. The van der Waals surface area contributed by atoms with Crippen LogP contribution in [0.3, 0.4) is 0 Å². The van der Waals surface area contributed by atoms with Crippen molar-refractivity contribution in [1.82, 2.24) is 5.32 Å². The fraction of sp³-hybridized carbons (Fsp3) is 0.833. The van der Waals surface area contributed by atoms with Crippen molar-refractivity contribution in [1.29, 1.82) is 0 Å². The number of carbonyl (C=O) groups excluding carboxylic acids is 1. The lowest BCUT2D eigenvalue weighted by Gasteiger charge is -2.28. The quantitative estimate of drug-likeness (QED) is 0.644. The fourth-order valence-electron chi connectivity index (χ4n) is 2.63. The first-order chi connectivity index (χ1) is 8.58. The van der Waals surface area contributed by atoms with Crippen molar-refractivity contribution in [3.8, 4) is 0 Å². The molecular formula is C12H20N2O4. The van der Waals surface area contributed by atoms with E-state index in [0.29, 0.717) is 26.1 Å². The Morgan fingerprint density at radius 2 is 1.83 bits per heavy atom. The van der Waals surface area contributed by atoms with Gasteiger partial charge in [-0.15, -0.1) is 0 Å². The maximum Gasteiger partial charge on any atom is 0.306 e. The van der Waals surface area contributed by atoms with Crippen molar-refractivity contribution in [3.05, 3.63) is 0 Å². The van der Waals surface area contributed by atoms with Crippen LogP contribution < -0.4 is 11.1 Å². The summed E-state index contributed by atoms with van der Waals surface area (Å²) in [6.45, 7) is 0.821. The van der Waals surface area contributed by atoms with Crippen LogP contribution in [-0.4, -0.2) is 42.3 Å². The van der Waals surface area contributed by atoms with Gasteiger partial charge in [-0.1, -0.05) is 0 Å². The maximum atomic E-state index is 12.0. The molecule has 0 aromatic carbocycles. The second kappa shape index (κ2) is 5.67. The molecule has 0 radical (unpaired) electrons. The van der Waals surface area contributed by atoms with E-state index in [1.165, 1.54) is 0 Å². The van der Waals surface area contributed by atoms with E-state index in [-0.39, 0.29) is 29.8 Å². The molecule has 1 aliphatic heterocycles. The second-order valence-electron chi connectivity index (χ2n) is 5.20. The van der Waals surface area contributed by atoms with Crippen LogP contribution in [0.2, 0.25) is 0 Å². The maximum absolute atomic E-state index is 12.0. The van der Waals surface area contributed by atoms with Crippen molar-refractivity contribution >= 4 is 11.9 Å². The molecule has 2 atom stereocenters. The van der Waals surface area contributed by atoms with Gasteiger partial charge in [0.2, 0.25) is 5.91 Å². The van der Waals surface area contributed by atoms with Gasteiger partial charge in [0.05, 0.1) is 25.0 Å². The summed E-state index contributed by atoms with van der Waals surface area (Å²) in [7, 11) is 0. The molecule has 2 aliphatic rings. The summed E-state index contributed by atoms with van der Waals surface area (Å²) >= 11 is 0. The smallest absolute Gasteiger partial charge is 0.306 e. The number of nitrogens with two attached hydrogens (primary N) is 1. The summed E-state index contributed by atoms with van der Waals surface area (Å²) < 4.78 is 5.16. The van der Waals surface area contributed by atoms with E-state index >= 15 is 0 Å². The van der Waals surface area contributed by atoms with Gasteiger partial charge in [-0.3, -0.25) is 9.59 Å². The molecule has 2 fully saturated rings. The number of carboxylic acids is 1. The number of aliphatic carboxylic acids is 1. The van der Waals surface area contributed by atoms with Crippen LogP contribution in [0.25, 0.3) is 0 Å². The molecule has 1 saturated carbocycles. The Balaban J connectivity index is 1.77. The minimum atomic E-state index is -0.731. The average molecular weight is 256 g/mol. The topological polar surface area (TPSA) is 102 Å². The van der Waals surface area contributed by atoms with Crippen molar-refractivity contribution < 1.29 is 19.4 Å². The highest BCUT2D eigenvalue weighted by Gasteiger charge is 2.33. The average Bonchev–Trinajstić information content (AvgIpc) is 2.76. The van der Waals surface area contributed by atoms with E-state index in [0.717, 1.165) is 12.8 Å². The highest BCUT2D eigenvalue weighted by atomic mass is 16.5. The van der Waals surface area contributed by atoms with Crippen molar-refractivity contribution in [2.45, 2.75) is 37.8 Å². The van der Waals surface area contributed by atoms with Crippen LogP contribution in [0.4, 0.5) is 0 Å². The van der Waals surface area contributed by atoms with E-state index in [9.17, 15) is 9.59 Å². The minimum Gasteiger partial charge on any atom is -0.481 e. The van der Waals surface area contributed by atoms with Crippen LogP contribution in [0.5, 0.6) is 0 Å². The van der Waals surface area contributed by atoms with Crippen molar-refractivity contribution in [2.24, 2.45) is 17.6 Å². The second-order valence-corrected chi connectivity index (χ2v) is 5.20. The third-order valence-electron chi connectivity index (χ3n) is 3.88. The number of hydrogen-bond donors (Lipinski definition) is 3. The van der Waals surface area contributed by atoms with E-state index in [1.54, 1.807) is 0 Å². The summed E-state index contributed by atoms with van der Waals surface area (Å²) in [5, 5.41) is 11.9. The summed E-state index contributed by atoms with van der Waals surface area (Å²) in [5.41, 5.74) is 5.78. The lowest BCUT2D eigenvalue weighted by molar-refractivity contribution is -0.142. The highest BCUT2D eigenvalue weighted by Crippen LogP contribution is 2.25. The molecule has 1 aliphatic carbocycles. The number of amides is 1. The van der Waals surface area contributed by atoms with E-state index in [2.05, 4.69) is 5.32 Å². The molecule has 1 amide bonds. The fourth-order valence-corrected chi connectivity index (χ4v) is 2.63. The van der Waals surface area contributed by atoms with Crippen LogP contribution in [0.15, 0.2) is 0 Å². The standard InChI is InChI=1S/C12H20N2O4/c13-10-6-18-5-9(10)11(15)14-8-3-1-7(2-4-8)12(16)17/h7-10H,1-6,13H2,(H,14,15)(H,16,17). The van der Waals surface area contributed by atoms with Gasteiger partial charge in [0.1, 0.15) is 0 Å². The van der Waals surface area contributed by atoms with E-state index in [1.807, 2.05) is 0 Å². The molecule has 1 saturated heterocycles. The van der Waals surface area contributed by atoms with Gasteiger partial charge in [0.15, 0.2) is 0 Å². The first kappa shape index (κ1) is 13.3. The van der Waals surface area contributed by atoms with Gasteiger partial charge >= 0.3 is 5.97 Å². The molecule has 2 rings (SSSR count). The predicted molar refractivity (Wildman–Crippen MR) is 63.8 cm³/mol. The Hall–Kier alpha value is -1.14. The van der Waals surface area contributed by atoms with Crippen LogP contribution >= 0.6 is 0 Å². The SMILES string of the molecule is NC1COCC1C(=O)NC1CCC(C(=O)O)CC1. The molecule has 0 spiro atoms. The van der Waals surface area contributed by atoms with Crippen molar-refractivity contribution in [2.75, 3.05) is 13.2 Å². The lowest BCUT2D eigenvalue weighted by Crippen LogP contribution is -2.46. The highest BCUT2D eigenvalue weighted by molar-refractivity contribution is 5.80. The van der Waals surface area contributed by atoms with Gasteiger partial charge in [0, 0.05) is 12.1 Å². The predicted octanol–water partition coefficient (Wildman–Crippen LogP) is -0.280. The van der Waals surface area contributed by atoms with Crippen LogP contribution in [0, 0.1) is 11.8 Å². The number of nitrogens with one attached hydrogen (secondary N) is 1. The normalized spacial score (nSPS) is 36.3. The van der Waals surface area contributed by atoms with Crippen molar-refractivity contribution in [3.63, 3.8) is 0 Å². The van der Waals surface area contributed by atoms with Gasteiger partial charge in [-0.05, 0) is 25.7 Å². The molecule has 2 unspecified atom stereocenters. The molecular weight excluding hydrogens is 236 g/mol. The van der Waals surface area contributed by atoms with Gasteiger partial charge in [-0.25, -0.2) is 0 Å². The number of rotatable bonds is 3. The molecule has 0 aromatic rings. The molecule has 4 N–H and O–H groups in total. The number of carbonyl (C=O) groups is 2. The molecule has 18 heavy (non-hydrogen) atoms. The Morgan fingerprint density at radius 1 is 1.17 bits per heavy atom. The minimum absolute atomic E-state index is 0.0567.